The van der Waals surface area contributed by atoms with Gasteiger partial charge in [0.2, 0.25) is 5.91 Å². The predicted molar refractivity (Wildman–Crippen MR) is 73.6 cm³/mol. The molecule has 2 rings (SSSR count). The number of anilines is 2. The SMILES string of the molecule is [2H]C[C@@]1(C(=O)Nc2cccc(C(N)=O)c2N)CCCN1. The van der Waals surface area contributed by atoms with Gasteiger partial charge in [0.1, 0.15) is 0 Å². The van der Waals surface area contributed by atoms with E-state index in [9.17, 15) is 9.59 Å². The lowest BCUT2D eigenvalue weighted by atomic mass is 9.99. The lowest BCUT2D eigenvalue weighted by molar-refractivity contribution is -0.121. The van der Waals surface area contributed by atoms with Crippen molar-refractivity contribution in [3.05, 3.63) is 23.8 Å². The molecule has 2 amide bonds. The van der Waals surface area contributed by atoms with Crippen LogP contribution in [0.25, 0.3) is 0 Å². The van der Waals surface area contributed by atoms with E-state index in [4.69, 9.17) is 12.8 Å². The second kappa shape index (κ2) is 4.89. The third kappa shape index (κ3) is 2.53. The first-order valence-electron chi connectivity index (χ1n) is 6.75. The third-order valence-corrected chi connectivity index (χ3v) is 3.30. The van der Waals surface area contributed by atoms with E-state index in [1.807, 2.05) is 0 Å². The molecule has 0 radical (unpaired) electrons. The van der Waals surface area contributed by atoms with Crippen molar-refractivity contribution in [1.29, 1.82) is 0 Å². The average Bonchev–Trinajstić information content (AvgIpc) is 2.90. The van der Waals surface area contributed by atoms with Crippen LogP contribution in [0.2, 0.25) is 0 Å². The molecule has 1 saturated heterocycles. The highest BCUT2D eigenvalue weighted by molar-refractivity contribution is 6.05. The molecule has 1 fully saturated rings. The standard InChI is InChI=1S/C13H18N4O2/c1-13(6-3-7-16-13)12(19)17-9-5-2-4-8(10(9)14)11(15)18/h2,4-5,16H,3,6-7,14H2,1H3,(H2,15,18)(H,17,19)/t13-/m0/s1/i1D. The average molecular weight is 263 g/mol. The highest BCUT2D eigenvalue weighted by Gasteiger charge is 2.36. The minimum atomic E-state index is -0.880. The number of benzene rings is 1. The van der Waals surface area contributed by atoms with E-state index in [2.05, 4.69) is 10.6 Å². The quantitative estimate of drug-likeness (QED) is 0.593. The maximum Gasteiger partial charge on any atom is 0.250 e. The van der Waals surface area contributed by atoms with Gasteiger partial charge < -0.3 is 22.1 Å². The summed E-state index contributed by atoms with van der Waals surface area (Å²) in [4.78, 5) is 23.6. The van der Waals surface area contributed by atoms with Crippen molar-refractivity contribution >= 4 is 23.2 Å². The number of nitrogen functional groups attached to an aromatic ring is 1. The van der Waals surface area contributed by atoms with Crippen LogP contribution >= 0.6 is 0 Å². The summed E-state index contributed by atoms with van der Waals surface area (Å²) in [5.41, 5.74) is 10.8. The van der Waals surface area contributed by atoms with Gasteiger partial charge in [-0.2, -0.15) is 0 Å². The van der Waals surface area contributed by atoms with E-state index in [1.165, 1.54) is 6.07 Å². The molecule has 1 aromatic rings. The van der Waals surface area contributed by atoms with Gasteiger partial charge in [-0.15, -0.1) is 0 Å². The smallest absolute Gasteiger partial charge is 0.250 e. The normalized spacial score (nSPS) is 22.8. The van der Waals surface area contributed by atoms with Gasteiger partial charge >= 0.3 is 0 Å². The molecule has 1 aliphatic rings. The third-order valence-electron chi connectivity index (χ3n) is 3.30. The van der Waals surface area contributed by atoms with Gasteiger partial charge in [-0.25, -0.2) is 0 Å². The molecular weight excluding hydrogens is 244 g/mol. The Morgan fingerprint density at radius 3 is 2.89 bits per heavy atom. The molecule has 0 aromatic heterocycles. The zero-order valence-corrected chi connectivity index (χ0v) is 10.5. The molecule has 1 heterocycles. The molecule has 0 bridgehead atoms. The van der Waals surface area contributed by atoms with Gasteiger partial charge in [-0.1, -0.05) is 6.07 Å². The van der Waals surface area contributed by atoms with Gasteiger partial charge in [-0.3, -0.25) is 9.59 Å². The summed E-state index contributed by atoms with van der Waals surface area (Å²) in [5.74, 6) is -0.953. The minimum Gasteiger partial charge on any atom is -0.396 e. The number of para-hydroxylation sites is 1. The number of hydrogen-bond acceptors (Lipinski definition) is 4. The van der Waals surface area contributed by atoms with Gasteiger partial charge in [0.05, 0.1) is 22.5 Å². The molecule has 19 heavy (non-hydrogen) atoms. The van der Waals surface area contributed by atoms with E-state index in [-0.39, 0.29) is 24.1 Å². The van der Waals surface area contributed by atoms with E-state index in [1.54, 1.807) is 12.1 Å². The Bertz CT molecular complexity index is 541. The van der Waals surface area contributed by atoms with Gasteiger partial charge in [-0.05, 0) is 38.4 Å². The fourth-order valence-corrected chi connectivity index (χ4v) is 2.13. The summed E-state index contributed by atoms with van der Waals surface area (Å²) in [5, 5.41) is 5.75. The minimum absolute atomic E-state index is 0.0474. The molecule has 1 atom stereocenters. The first-order chi connectivity index (χ1) is 9.50. The van der Waals surface area contributed by atoms with E-state index < -0.39 is 11.4 Å². The molecular formula is C13H18N4O2. The van der Waals surface area contributed by atoms with Crippen molar-refractivity contribution in [1.82, 2.24) is 5.32 Å². The van der Waals surface area contributed by atoms with E-state index >= 15 is 0 Å². The largest absolute Gasteiger partial charge is 0.396 e. The van der Waals surface area contributed by atoms with E-state index in [0.29, 0.717) is 18.7 Å². The molecule has 0 spiro atoms. The van der Waals surface area contributed by atoms with Crippen molar-refractivity contribution in [2.75, 3.05) is 17.6 Å². The highest BCUT2D eigenvalue weighted by atomic mass is 16.2. The molecule has 6 nitrogen and oxygen atoms in total. The number of rotatable bonds is 3. The van der Waals surface area contributed by atoms with Crippen molar-refractivity contribution in [2.24, 2.45) is 5.73 Å². The van der Waals surface area contributed by atoms with Crippen molar-refractivity contribution in [2.45, 2.75) is 25.3 Å². The summed E-state index contributed by atoms with van der Waals surface area (Å²) in [6.45, 7) is 0.664. The number of carbonyl (C=O) groups is 2. The Kier molecular flexibility index (Phi) is 3.08. The number of nitrogens with two attached hydrogens (primary N) is 2. The predicted octanol–water partition coefficient (Wildman–Crippen LogP) is 0.448. The van der Waals surface area contributed by atoms with Gasteiger partial charge in [0.25, 0.3) is 5.91 Å². The summed E-state index contributed by atoms with van der Waals surface area (Å²) in [7, 11) is 0. The number of amides is 2. The summed E-state index contributed by atoms with van der Waals surface area (Å²) < 4.78 is 7.58. The van der Waals surface area contributed by atoms with Crippen LogP contribution in [-0.4, -0.2) is 23.9 Å². The Morgan fingerprint density at radius 1 is 1.53 bits per heavy atom. The molecule has 1 aromatic carbocycles. The second-order valence-corrected chi connectivity index (χ2v) is 4.70. The molecule has 6 heteroatoms. The summed E-state index contributed by atoms with van der Waals surface area (Å²) in [6.07, 6.45) is 1.46. The fraction of sp³-hybridized carbons (Fsp3) is 0.385. The van der Waals surface area contributed by atoms with Crippen LogP contribution in [0.4, 0.5) is 11.4 Å². The lowest BCUT2D eigenvalue weighted by Gasteiger charge is -2.23. The molecule has 0 unspecified atom stereocenters. The van der Waals surface area contributed by atoms with Crippen molar-refractivity contribution < 1.29 is 11.0 Å². The molecule has 0 aliphatic carbocycles. The molecule has 0 saturated carbocycles. The Balaban J connectivity index is 2.24. The van der Waals surface area contributed by atoms with Crippen molar-refractivity contribution in [3.8, 4) is 0 Å². The Hall–Kier alpha value is -2.08. The molecule has 6 N–H and O–H groups in total. The van der Waals surface area contributed by atoms with Crippen LogP contribution in [0.15, 0.2) is 18.2 Å². The maximum absolute atomic E-state index is 12.3. The number of nitrogens with one attached hydrogen (secondary N) is 2. The van der Waals surface area contributed by atoms with Gasteiger partial charge in [0.15, 0.2) is 0 Å². The summed E-state index contributed by atoms with van der Waals surface area (Å²) >= 11 is 0. The number of primary amides is 1. The zero-order valence-electron chi connectivity index (χ0n) is 11.5. The monoisotopic (exact) mass is 263 g/mol. The zero-order chi connectivity index (χ0) is 14.8. The second-order valence-electron chi connectivity index (χ2n) is 4.70. The number of carbonyl (C=O) groups excluding carboxylic acids is 2. The Morgan fingerprint density at radius 2 is 2.32 bits per heavy atom. The lowest BCUT2D eigenvalue weighted by Crippen LogP contribution is -2.48. The fourth-order valence-electron chi connectivity index (χ4n) is 2.13. The molecule has 102 valence electrons. The van der Waals surface area contributed by atoms with Crippen LogP contribution in [0.3, 0.4) is 0 Å². The van der Waals surface area contributed by atoms with E-state index in [0.717, 1.165) is 6.42 Å². The van der Waals surface area contributed by atoms with Crippen LogP contribution in [0.5, 0.6) is 0 Å². The van der Waals surface area contributed by atoms with Crippen LogP contribution in [-0.2, 0) is 4.79 Å². The molecule has 1 aliphatic heterocycles. The number of hydrogen-bond donors (Lipinski definition) is 4. The topological polar surface area (TPSA) is 110 Å². The van der Waals surface area contributed by atoms with Crippen LogP contribution in [0, 0.1) is 0 Å². The first kappa shape index (κ1) is 12.0. The van der Waals surface area contributed by atoms with Crippen molar-refractivity contribution in [3.63, 3.8) is 0 Å². The Labute approximate surface area is 112 Å². The maximum atomic E-state index is 12.3. The van der Waals surface area contributed by atoms with Crippen LogP contribution in [0.1, 0.15) is 31.5 Å². The van der Waals surface area contributed by atoms with Crippen LogP contribution < -0.4 is 22.1 Å². The first-order valence-corrected chi connectivity index (χ1v) is 6.04. The summed E-state index contributed by atoms with van der Waals surface area (Å²) in [6, 6.07) is 4.70. The highest BCUT2D eigenvalue weighted by Crippen LogP contribution is 2.25. The van der Waals surface area contributed by atoms with Gasteiger partial charge in [0, 0.05) is 1.37 Å².